The molecule has 1 aromatic heterocycles. The molecule has 2 heterocycles. The highest BCUT2D eigenvalue weighted by Gasteiger charge is 2.41. The van der Waals surface area contributed by atoms with Crippen molar-refractivity contribution in [1.29, 1.82) is 0 Å². The van der Waals surface area contributed by atoms with Crippen molar-refractivity contribution in [3.63, 3.8) is 0 Å². The second-order valence-electron chi connectivity index (χ2n) is 7.42. The second kappa shape index (κ2) is 6.72. The Morgan fingerprint density at radius 3 is 2.74 bits per heavy atom. The second-order valence-corrected chi connectivity index (χ2v) is 7.42. The van der Waals surface area contributed by atoms with Gasteiger partial charge in [0.05, 0.1) is 23.3 Å². The fourth-order valence-electron chi connectivity index (χ4n) is 4.32. The van der Waals surface area contributed by atoms with Crippen LogP contribution in [0.5, 0.6) is 5.75 Å². The average molecular weight is 368 g/mol. The Kier molecular flexibility index (Phi) is 4.37. The van der Waals surface area contributed by atoms with E-state index in [9.17, 15) is 14.7 Å². The Balaban J connectivity index is 1.60. The van der Waals surface area contributed by atoms with E-state index in [1.165, 1.54) is 0 Å². The molecule has 2 N–H and O–H groups in total. The summed E-state index contributed by atoms with van der Waals surface area (Å²) >= 11 is 0. The molecule has 2 aromatic rings. The number of hydrogen-bond acceptors (Lipinski definition) is 4. The third kappa shape index (κ3) is 2.97. The molecular weight excluding hydrogens is 344 g/mol. The van der Waals surface area contributed by atoms with Crippen molar-refractivity contribution in [2.45, 2.75) is 44.2 Å². The quantitative estimate of drug-likeness (QED) is 0.863. The molecule has 0 unspecified atom stereocenters. The number of likely N-dealkylation sites (tertiary alicyclic amines) is 1. The lowest BCUT2D eigenvalue weighted by molar-refractivity contribution is -0.127. The number of hydrogen-bond donors (Lipinski definition) is 2. The zero-order chi connectivity index (χ0) is 19.1. The summed E-state index contributed by atoms with van der Waals surface area (Å²) in [5.74, 6) is -0.290. The Morgan fingerprint density at radius 1 is 1.22 bits per heavy atom. The number of phenols is 1. The number of fused-ring (bicyclic) bond motifs is 1. The summed E-state index contributed by atoms with van der Waals surface area (Å²) in [4.78, 5) is 26.8. The van der Waals surface area contributed by atoms with Gasteiger partial charge in [-0.05, 0) is 48.9 Å². The summed E-state index contributed by atoms with van der Waals surface area (Å²) in [6.07, 6.45) is 5.78. The predicted molar refractivity (Wildman–Crippen MR) is 99.3 cm³/mol. The highest BCUT2D eigenvalue weighted by Crippen LogP contribution is 2.34. The third-order valence-electron chi connectivity index (χ3n) is 5.81. The van der Waals surface area contributed by atoms with Gasteiger partial charge in [-0.3, -0.25) is 14.3 Å². The molecule has 142 valence electrons. The van der Waals surface area contributed by atoms with Gasteiger partial charge >= 0.3 is 0 Å². The first-order valence-corrected chi connectivity index (χ1v) is 9.35. The van der Waals surface area contributed by atoms with Crippen LogP contribution in [0, 0.1) is 0 Å². The van der Waals surface area contributed by atoms with Crippen molar-refractivity contribution in [2.24, 2.45) is 7.05 Å². The smallest absolute Gasteiger partial charge is 0.255 e. The largest absolute Gasteiger partial charge is 0.507 e. The fraction of sp³-hybridized carbons (Fsp3) is 0.450. The van der Waals surface area contributed by atoms with Crippen LogP contribution in [0.2, 0.25) is 0 Å². The Hall–Kier alpha value is -2.83. The Bertz CT molecular complexity index is 905. The van der Waals surface area contributed by atoms with E-state index in [1.54, 1.807) is 28.9 Å². The van der Waals surface area contributed by atoms with E-state index in [-0.39, 0.29) is 41.6 Å². The van der Waals surface area contributed by atoms with Crippen molar-refractivity contribution >= 4 is 11.8 Å². The van der Waals surface area contributed by atoms with Gasteiger partial charge < -0.3 is 15.3 Å². The van der Waals surface area contributed by atoms with Gasteiger partial charge in [-0.2, -0.15) is 5.10 Å². The number of nitrogens with zero attached hydrogens (tertiary/aromatic N) is 3. The molecule has 0 spiro atoms. The number of nitrogens with one attached hydrogen (secondary N) is 1. The maximum atomic E-state index is 12.9. The van der Waals surface area contributed by atoms with Gasteiger partial charge in [-0.1, -0.05) is 6.07 Å². The number of aromatic hydroxyl groups is 1. The van der Waals surface area contributed by atoms with E-state index >= 15 is 0 Å². The zero-order valence-electron chi connectivity index (χ0n) is 15.6. The number of carbonyl (C=O) groups is 2. The molecule has 7 heteroatoms. The molecule has 2 aliphatic rings. The van der Waals surface area contributed by atoms with Gasteiger partial charge in [0.15, 0.2) is 0 Å². The van der Waals surface area contributed by atoms with Crippen LogP contribution in [-0.4, -0.2) is 44.7 Å². The van der Waals surface area contributed by atoms with E-state index in [0.717, 1.165) is 42.5 Å². The first-order chi connectivity index (χ1) is 13.0. The minimum atomic E-state index is -0.374. The molecule has 7 nitrogen and oxygen atoms in total. The van der Waals surface area contributed by atoms with E-state index < -0.39 is 0 Å². The van der Waals surface area contributed by atoms with Crippen LogP contribution in [0.15, 0.2) is 24.4 Å². The summed E-state index contributed by atoms with van der Waals surface area (Å²) in [6.45, 7) is 0. The van der Waals surface area contributed by atoms with Gasteiger partial charge in [0.25, 0.3) is 5.91 Å². The van der Waals surface area contributed by atoms with Crippen LogP contribution in [-0.2, 0) is 24.7 Å². The first-order valence-electron chi connectivity index (χ1n) is 9.35. The SMILES string of the molecule is CN1C(=O)C[C@@H](NC(=O)c2ccc3c(c2O)CCCC3)[C@@H]1c1ccnn1C. The number of likely N-dealkylation sites (N-methyl/N-ethyl adjacent to an activating group) is 1. The molecule has 1 fully saturated rings. The summed E-state index contributed by atoms with van der Waals surface area (Å²) in [5, 5.41) is 17.8. The van der Waals surface area contributed by atoms with Crippen LogP contribution >= 0.6 is 0 Å². The fourth-order valence-corrected chi connectivity index (χ4v) is 4.32. The summed E-state index contributed by atoms with van der Waals surface area (Å²) in [6, 6.07) is 4.83. The van der Waals surface area contributed by atoms with E-state index in [1.807, 2.05) is 19.2 Å². The number of carbonyl (C=O) groups excluding carboxylic acids is 2. The highest BCUT2D eigenvalue weighted by molar-refractivity contribution is 5.98. The van der Waals surface area contributed by atoms with E-state index in [4.69, 9.17) is 0 Å². The molecule has 27 heavy (non-hydrogen) atoms. The molecular formula is C20H24N4O3. The van der Waals surface area contributed by atoms with Crippen LogP contribution in [0.3, 0.4) is 0 Å². The van der Waals surface area contributed by atoms with Gasteiger partial charge in [0.1, 0.15) is 5.75 Å². The van der Waals surface area contributed by atoms with Gasteiger partial charge in [0, 0.05) is 26.7 Å². The third-order valence-corrected chi connectivity index (χ3v) is 5.81. The van der Waals surface area contributed by atoms with Gasteiger partial charge in [-0.15, -0.1) is 0 Å². The number of phenolic OH excluding ortho intramolecular Hbond substituents is 1. The number of benzene rings is 1. The van der Waals surface area contributed by atoms with Crippen molar-refractivity contribution in [3.05, 3.63) is 46.8 Å². The zero-order valence-corrected chi connectivity index (χ0v) is 15.6. The molecule has 4 rings (SSSR count). The van der Waals surface area contributed by atoms with Crippen LogP contribution < -0.4 is 5.32 Å². The maximum Gasteiger partial charge on any atom is 0.255 e. The van der Waals surface area contributed by atoms with Crippen molar-refractivity contribution in [2.75, 3.05) is 7.05 Å². The van der Waals surface area contributed by atoms with Crippen LogP contribution in [0.4, 0.5) is 0 Å². The molecule has 1 aliphatic heterocycles. The van der Waals surface area contributed by atoms with Crippen molar-refractivity contribution in [3.8, 4) is 5.75 Å². The van der Waals surface area contributed by atoms with Crippen LogP contribution in [0.1, 0.15) is 52.5 Å². The summed E-state index contributed by atoms with van der Waals surface area (Å²) < 4.78 is 1.72. The van der Waals surface area contributed by atoms with E-state index in [2.05, 4.69) is 10.4 Å². The lowest BCUT2D eigenvalue weighted by atomic mass is 9.89. The molecule has 1 aliphatic carbocycles. The average Bonchev–Trinajstić information content (AvgIpc) is 3.18. The number of aromatic nitrogens is 2. The molecule has 0 radical (unpaired) electrons. The summed E-state index contributed by atoms with van der Waals surface area (Å²) in [5.41, 5.74) is 3.15. The standard InChI is InChI=1S/C20H24N4O3/c1-23-17(25)11-15(18(23)16-9-10-21-24(16)2)22-20(27)14-8-7-12-5-3-4-6-13(12)19(14)26/h7-10,15,18,26H,3-6,11H2,1-2H3,(H,22,27)/t15-,18-/m1/s1. The monoisotopic (exact) mass is 368 g/mol. The lowest BCUT2D eigenvalue weighted by Gasteiger charge is -2.26. The first kappa shape index (κ1) is 17.6. The van der Waals surface area contributed by atoms with Crippen molar-refractivity contribution < 1.29 is 14.7 Å². The summed E-state index contributed by atoms with van der Waals surface area (Å²) in [7, 11) is 3.56. The molecule has 1 saturated heterocycles. The minimum absolute atomic E-state index is 0.0267. The number of rotatable bonds is 3. The topological polar surface area (TPSA) is 87.5 Å². The Morgan fingerprint density at radius 2 is 2.00 bits per heavy atom. The van der Waals surface area contributed by atoms with Crippen molar-refractivity contribution in [1.82, 2.24) is 20.0 Å². The highest BCUT2D eigenvalue weighted by atomic mass is 16.3. The van der Waals surface area contributed by atoms with Gasteiger partial charge in [-0.25, -0.2) is 0 Å². The van der Waals surface area contributed by atoms with Crippen LogP contribution in [0.25, 0.3) is 0 Å². The molecule has 0 bridgehead atoms. The Labute approximate surface area is 158 Å². The van der Waals surface area contributed by atoms with E-state index in [0.29, 0.717) is 0 Å². The maximum absolute atomic E-state index is 12.9. The molecule has 1 aromatic carbocycles. The lowest BCUT2D eigenvalue weighted by Crippen LogP contribution is -2.39. The predicted octanol–water partition coefficient (Wildman–Crippen LogP) is 1.71. The molecule has 0 saturated carbocycles. The molecule has 2 amide bonds. The minimum Gasteiger partial charge on any atom is -0.507 e. The van der Waals surface area contributed by atoms with Gasteiger partial charge in [0.2, 0.25) is 5.91 Å². The number of aryl methyl sites for hydroxylation is 2. The normalized spacial score (nSPS) is 22.0. The number of amides is 2. The molecule has 2 atom stereocenters.